The van der Waals surface area contributed by atoms with Gasteiger partial charge in [0.1, 0.15) is 72.7 Å². The number of quaternary nitrogens is 1. The van der Waals surface area contributed by atoms with Crippen molar-refractivity contribution in [1.29, 1.82) is 5.53 Å². The van der Waals surface area contributed by atoms with Gasteiger partial charge in [0.15, 0.2) is 5.82 Å². The fourth-order valence-corrected chi connectivity index (χ4v) is 12.9. The number of nitrogens with two attached hydrogens (primary N) is 1. The van der Waals surface area contributed by atoms with Crippen LogP contribution in [0, 0.1) is 24.2 Å². The Morgan fingerprint density at radius 1 is 0.814 bits per heavy atom. The molecule has 0 bridgehead atoms. The quantitative estimate of drug-likeness (QED) is 0.0107. The van der Waals surface area contributed by atoms with E-state index in [1.54, 1.807) is 69.6 Å². The number of rotatable bonds is 39. The topological polar surface area (TPSA) is 335 Å². The van der Waals surface area contributed by atoms with Gasteiger partial charge < -0.3 is 69.7 Å². The number of thiophene rings is 1. The van der Waals surface area contributed by atoms with E-state index >= 15 is 0 Å². The molecule has 0 unspecified atom stereocenters. The number of carboxylic acid groups (broad SMARTS) is 1. The minimum Gasteiger partial charge on any atom is -0.496 e. The molecule has 0 aliphatic carbocycles. The highest BCUT2D eigenvalue weighted by atomic mass is 35.5. The summed E-state index contributed by atoms with van der Waals surface area (Å²) in [7, 11) is 3.80. The van der Waals surface area contributed by atoms with Crippen molar-refractivity contribution >= 4 is 68.6 Å². The molecule has 1 aliphatic heterocycles. The highest BCUT2D eigenvalue weighted by Gasteiger charge is 2.33. The van der Waals surface area contributed by atoms with Gasteiger partial charge in [-0.15, -0.1) is 11.3 Å². The zero-order valence-corrected chi connectivity index (χ0v) is 59.2. The van der Waals surface area contributed by atoms with Crippen LogP contribution in [0.2, 0.25) is 5.02 Å². The van der Waals surface area contributed by atoms with Crippen LogP contribution in [-0.2, 0) is 53.0 Å². The number of halogens is 2. The number of aromatic nitrogens is 4. The number of aliphatic carboxylic acids is 1. The van der Waals surface area contributed by atoms with Gasteiger partial charge in [-0.2, -0.15) is 5.11 Å². The lowest BCUT2D eigenvalue weighted by molar-refractivity contribution is -0.926. The Balaban J connectivity index is 0.796. The molecule has 0 spiro atoms. The number of carboxylic acids is 1. The molecule has 29 heteroatoms. The minimum atomic E-state index is -1.44. The first kappa shape index (κ1) is 76.4. The summed E-state index contributed by atoms with van der Waals surface area (Å²) in [5.74, 6) is -1.54. The standard InChI is InChI=1S/C73H85ClFN13O13S/c1-46(2)65(86-61(89)44-98-40-39-97-38-37-96-35-29-82-77)69(91)85-56(13-10-27-79-73(76)94)68(90)84-52-22-16-48(17-23-52)42-88(4)33-30-87(31-34-88)32-36-99-59-25-24-54(47(3)64(59)74)62-63-70(80-45-81-71(63)102-66(62)49-18-20-51(75)21-19-49)101-60(72(92)93)41-50-11-6-8-14-57(50)100-43-53-26-28-78-67(83-53)55-12-7-9-15-58(55)95-5/h6-9,11-12,14-26,28,45-46,56,60,65,77H,10,13,27,29-44H2,1-5H3,(H6-,76,79,84,85,86,89,90,91,92,93,94)/p+1/t56-,60+,65-/m0/s1. The third-order valence-electron chi connectivity index (χ3n) is 17.1. The SMILES string of the molecule is COc1ccccc1-c1nccc(COc2ccccc2C[C@@H](Oc2ncnc3sc(-c4ccc(F)cc4)c(-c4ccc(OCCN5CC[N+](C)(Cc6ccc(NC(=O)[C@H](CCCNC(N)=O)NC(=O)[C@@H](NC(=O)COCCOCCOCCN=N)C(C)C)cc6)CC5)c(Cl)c4C)c23)C(=O)O)n1. The van der Waals surface area contributed by atoms with E-state index in [1.807, 2.05) is 67.6 Å². The molecule has 0 radical (unpaired) electrons. The van der Waals surface area contributed by atoms with Crippen LogP contribution >= 0.6 is 22.9 Å². The van der Waals surface area contributed by atoms with E-state index in [0.717, 1.165) is 48.3 Å². The van der Waals surface area contributed by atoms with E-state index in [1.165, 1.54) is 29.8 Å². The summed E-state index contributed by atoms with van der Waals surface area (Å²) in [6.07, 6.45) is 1.90. The van der Waals surface area contributed by atoms with Crippen LogP contribution in [0.3, 0.4) is 0 Å². The van der Waals surface area contributed by atoms with Crippen LogP contribution in [0.4, 0.5) is 14.9 Å². The Hall–Kier alpha value is -9.81. The molecule has 1 aliphatic rings. The molecule has 4 heterocycles. The Labute approximate surface area is 599 Å². The molecule has 5 amide bonds. The van der Waals surface area contributed by atoms with Crippen molar-refractivity contribution in [2.75, 3.05) is 112 Å². The van der Waals surface area contributed by atoms with Gasteiger partial charge in [0.05, 0.1) is 88.5 Å². The lowest BCUT2D eigenvalue weighted by atomic mass is 9.96. The number of nitrogens with one attached hydrogen (secondary N) is 5. The number of ether oxygens (including phenoxy) is 7. The van der Waals surface area contributed by atoms with Gasteiger partial charge in [0, 0.05) is 60.5 Å². The van der Waals surface area contributed by atoms with Gasteiger partial charge in [0.25, 0.3) is 0 Å². The average Bonchev–Trinajstić information content (AvgIpc) is 1.61. The van der Waals surface area contributed by atoms with Crippen molar-refractivity contribution in [3.8, 4) is 56.1 Å². The van der Waals surface area contributed by atoms with E-state index in [2.05, 4.69) is 53.3 Å². The number of methoxy groups -OCH3 is 1. The highest BCUT2D eigenvalue weighted by Crippen LogP contribution is 2.50. The summed E-state index contributed by atoms with van der Waals surface area (Å²) in [4.78, 5) is 87.0. The van der Waals surface area contributed by atoms with Crippen molar-refractivity contribution in [2.24, 2.45) is 16.8 Å². The molecule has 5 aromatic carbocycles. The summed E-state index contributed by atoms with van der Waals surface area (Å²) in [6, 6.07) is 31.0. The molecule has 8 aromatic rings. The molecule has 1 saturated heterocycles. The number of fused-ring (bicyclic) bond motifs is 1. The first-order valence-corrected chi connectivity index (χ1v) is 34.7. The monoisotopic (exact) mass is 1440 g/mol. The molecule has 3 atom stereocenters. The van der Waals surface area contributed by atoms with Crippen molar-refractivity contribution in [3.63, 3.8) is 0 Å². The van der Waals surface area contributed by atoms with Gasteiger partial charge in [-0.1, -0.05) is 86.1 Å². The number of urea groups is 1. The number of piperazine rings is 1. The maximum Gasteiger partial charge on any atom is 0.345 e. The largest absolute Gasteiger partial charge is 0.496 e. The van der Waals surface area contributed by atoms with Crippen LogP contribution < -0.4 is 45.9 Å². The zero-order valence-electron chi connectivity index (χ0n) is 57.6. The first-order chi connectivity index (χ1) is 49.3. The molecule has 8 N–H and O–H groups in total. The maximum absolute atomic E-state index is 14.5. The van der Waals surface area contributed by atoms with Crippen LogP contribution in [0.25, 0.3) is 43.2 Å². The van der Waals surface area contributed by atoms with Crippen molar-refractivity contribution in [2.45, 2.75) is 71.4 Å². The van der Waals surface area contributed by atoms with Crippen LogP contribution in [-0.4, -0.2) is 189 Å². The fraction of sp³-hybridized carbons (Fsp3) is 0.384. The van der Waals surface area contributed by atoms with Gasteiger partial charge in [-0.25, -0.2) is 39.4 Å². The second-order valence-electron chi connectivity index (χ2n) is 24.9. The number of carbonyl (C=O) groups is 5. The van der Waals surface area contributed by atoms with E-state index in [4.69, 9.17) is 61.0 Å². The molecule has 1 fully saturated rings. The number of hydrogen-bond acceptors (Lipinski definition) is 20. The maximum atomic E-state index is 14.5. The number of carbonyl (C=O) groups excluding carboxylic acids is 4. The Bertz CT molecular complexity index is 4150. The van der Waals surface area contributed by atoms with Crippen molar-refractivity contribution < 1.29 is 71.1 Å². The third kappa shape index (κ3) is 21.6. The molecule has 0 saturated carbocycles. The molecule has 26 nitrogen and oxygen atoms in total. The first-order valence-electron chi connectivity index (χ1n) is 33.5. The Morgan fingerprint density at radius 3 is 2.25 bits per heavy atom. The summed E-state index contributed by atoms with van der Waals surface area (Å²) >= 11 is 8.57. The number of amides is 5. The van der Waals surface area contributed by atoms with Gasteiger partial charge in [-0.05, 0) is 103 Å². The van der Waals surface area contributed by atoms with Crippen molar-refractivity contribution in [3.05, 3.63) is 161 Å². The van der Waals surface area contributed by atoms with Gasteiger partial charge >= 0.3 is 12.0 Å². The Morgan fingerprint density at radius 2 is 1.53 bits per heavy atom. The second-order valence-corrected chi connectivity index (χ2v) is 26.3. The highest BCUT2D eigenvalue weighted by molar-refractivity contribution is 7.22. The van der Waals surface area contributed by atoms with Gasteiger partial charge in [0.2, 0.25) is 29.7 Å². The smallest absolute Gasteiger partial charge is 0.345 e. The summed E-state index contributed by atoms with van der Waals surface area (Å²) < 4.78 is 56.1. The third-order valence-corrected chi connectivity index (χ3v) is 18.7. The molecule has 540 valence electrons. The van der Waals surface area contributed by atoms with Crippen LogP contribution in [0.1, 0.15) is 49.1 Å². The predicted octanol–water partition coefficient (Wildman–Crippen LogP) is 9.68. The number of likely N-dealkylation sites (N-methyl/N-ethyl adjacent to an activating group) is 1. The lowest BCUT2D eigenvalue weighted by Crippen LogP contribution is -2.57. The molecular formula is C73H86ClFN13O13S+. The number of anilines is 1. The lowest BCUT2D eigenvalue weighted by Gasteiger charge is -2.42. The second kappa shape index (κ2) is 37.7. The number of nitrogens with zero attached hydrogens (tertiary/aromatic N) is 7. The van der Waals surface area contributed by atoms with E-state index in [0.29, 0.717) is 122 Å². The summed E-state index contributed by atoms with van der Waals surface area (Å²) in [5, 5.41) is 25.8. The number of hydrogen-bond donors (Lipinski definition) is 7. The summed E-state index contributed by atoms with van der Waals surface area (Å²) in [5.41, 5.74) is 18.2. The van der Waals surface area contributed by atoms with Crippen LogP contribution in [0.5, 0.6) is 23.1 Å². The zero-order chi connectivity index (χ0) is 72.5. The van der Waals surface area contributed by atoms with E-state index in [9.17, 15) is 33.5 Å². The van der Waals surface area contributed by atoms with E-state index in [-0.39, 0.29) is 64.2 Å². The molecule has 3 aromatic heterocycles. The Kier molecular flexibility index (Phi) is 28.3. The molecule has 9 rings (SSSR count). The molecule has 102 heavy (non-hydrogen) atoms. The van der Waals surface area contributed by atoms with Gasteiger partial charge in [-0.3, -0.25) is 19.3 Å². The minimum absolute atomic E-state index is 0.0280. The predicted molar refractivity (Wildman–Crippen MR) is 383 cm³/mol. The summed E-state index contributed by atoms with van der Waals surface area (Å²) in [6.45, 7) is 12.0. The number of para-hydroxylation sites is 2. The average molecular weight is 1440 g/mol. The number of benzene rings is 5. The normalized spacial score (nSPS) is 13.7. The number of primary amides is 1. The van der Waals surface area contributed by atoms with Crippen molar-refractivity contribution in [1.82, 2.24) is 40.8 Å². The fourth-order valence-electron chi connectivity index (χ4n) is 11.5. The van der Waals surface area contributed by atoms with Crippen LogP contribution in [0.15, 0.2) is 133 Å². The molecular weight excluding hydrogens is 1350 g/mol. The van der Waals surface area contributed by atoms with E-state index < -0.39 is 53.7 Å².